The van der Waals surface area contributed by atoms with E-state index in [0.29, 0.717) is 0 Å². The molecule has 0 heterocycles. The fraction of sp³-hybridized carbons (Fsp3) is 0. The molecule has 0 aliphatic rings. The average molecular weight is 334 g/mol. The Hall–Kier alpha value is 0.222. The van der Waals surface area contributed by atoms with Crippen molar-refractivity contribution >= 4 is 45.1 Å². The molecule has 0 aromatic carbocycles. The summed E-state index contributed by atoms with van der Waals surface area (Å²) in [5, 5.41) is 13.9. The van der Waals surface area contributed by atoms with Crippen molar-refractivity contribution in [1.29, 1.82) is 0 Å². The molecule has 0 aliphatic carbocycles. The molecule has 0 spiro atoms. The first-order valence-corrected chi connectivity index (χ1v) is 1.71. The summed E-state index contributed by atoms with van der Waals surface area (Å²) in [6.07, 6.45) is -1.83. The van der Waals surface area contributed by atoms with Gasteiger partial charge in [-0.1, -0.05) is 18.2 Å². The van der Waals surface area contributed by atoms with Crippen LogP contribution in [0.1, 0.15) is 0 Å². The molecule has 0 atom stereocenters. The zero-order chi connectivity index (χ0) is 6.28. The SMILES string of the molecule is C=CCl.O=C(O)O.[PbH2]. The van der Waals surface area contributed by atoms with E-state index in [4.69, 9.17) is 26.6 Å². The Morgan fingerprint density at radius 2 is 1.62 bits per heavy atom. The Morgan fingerprint density at radius 1 is 1.62 bits per heavy atom. The molecule has 0 bridgehead atoms. The first-order chi connectivity index (χ1) is 3.15. The van der Waals surface area contributed by atoms with E-state index >= 15 is 0 Å². The van der Waals surface area contributed by atoms with Crippen LogP contribution in [0, 0.1) is 0 Å². The Kier molecular flexibility index (Phi) is 30.8. The van der Waals surface area contributed by atoms with Crippen LogP contribution in [0.15, 0.2) is 12.1 Å². The molecule has 0 rings (SSSR count). The molecule has 0 aliphatic heterocycles. The first-order valence-electron chi connectivity index (χ1n) is 1.28. The van der Waals surface area contributed by atoms with E-state index in [2.05, 4.69) is 6.58 Å². The van der Waals surface area contributed by atoms with Gasteiger partial charge in [0.1, 0.15) is 0 Å². The van der Waals surface area contributed by atoms with Gasteiger partial charge in [-0.25, -0.2) is 4.79 Å². The second-order valence-electron chi connectivity index (χ2n) is 0.437. The summed E-state index contributed by atoms with van der Waals surface area (Å²) in [7, 11) is 0. The molecule has 0 saturated carbocycles. The molecule has 2 N–H and O–H groups in total. The van der Waals surface area contributed by atoms with Crippen molar-refractivity contribution in [2.24, 2.45) is 0 Å². The molecular weight excluding hydrogens is 327 g/mol. The molecule has 2 radical (unpaired) electrons. The average Bonchev–Trinajstić information content (AvgIpc) is 1.33. The van der Waals surface area contributed by atoms with Crippen LogP contribution in [-0.2, 0) is 0 Å². The van der Waals surface area contributed by atoms with Crippen molar-refractivity contribution in [1.82, 2.24) is 0 Å². The molecule has 0 unspecified atom stereocenters. The van der Waals surface area contributed by atoms with Gasteiger partial charge >= 0.3 is 33.5 Å². The zero-order valence-corrected chi connectivity index (χ0v) is 10.4. The van der Waals surface area contributed by atoms with Crippen molar-refractivity contribution in [2.75, 3.05) is 0 Å². The maximum atomic E-state index is 8.56. The van der Waals surface area contributed by atoms with Crippen LogP contribution in [0.2, 0.25) is 0 Å². The van der Waals surface area contributed by atoms with E-state index in [9.17, 15) is 0 Å². The molecule has 48 valence electrons. The van der Waals surface area contributed by atoms with Gasteiger partial charge in [0.05, 0.1) is 0 Å². The van der Waals surface area contributed by atoms with Gasteiger partial charge in [0.2, 0.25) is 0 Å². The number of hydrogen-bond donors (Lipinski definition) is 2. The Balaban J connectivity index is -0.0000000575. The van der Waals surface area contributed by atoms with Crippen molar-refractivity contribution in [2.45, 2.75) is 0 Å². The van der Waals surface area contributed by atoms with Crippen LogP contribution in [0.3, 0.4) is 0 Å². The normalized spacial score (nSPS) is 4.62. The summed E-state index contributed by atoms with van der Waals surface area (Å²) in [4.78, 5) is 8.56. The fourth-order valence-corrected chi connectivity index (χ4v) is 0. The van der Waals surface area contributed by atoms with E-state index in [-0.39, 0.29) is 27.3 Å². The Labute approximate surface area is 72.1 Å². The summed E-state index contributed by atoms with van der Waals surface area (Å²) < 4.78 is 0. The topological polar surface area (TPSA) is 57.5 Å². The van der Waals surface area contributed by atoms with E-state index in [0.717, 1.165) is 0 Å². The standard InChI is InChI=1S/C2H3Cl.CH2O3.Pb.2H/c1-2-3;2-1(3)4;;;/h2H,1H2;(H2,2,3,4);;;. The van der Waals surface area contributed by atoms with Gasteiger partial charge in [-0.3, -0.25) is 0 Å². The molecule has 0 saturated heterocycles. The molecule has 8 heavy (non-hydrogen) atoms. The number of hydrogen-bond acceptors (Lipinski definition) is 1. The molecule has 5 heteroatoms. The number of halogens is 1. The van der Waals surface area contributed by atoms with Crippen LogP contribution in [0.5, 0.6) is 0 Å². The fourth-order valence-electron chi connectivity index (χ4n) is 0. The monoisotopic (exact) mass is 334 g/mol. The van der Waals surface area contributed by atoms with Gasteiger partial charge in [0.25, 0.3) is 0 Å². The molecule has 0 amide bonds. The van der Waals surface area contributed by atoms with Crippen LogP contribution >= 0.6 is 11.6 Å². The van der Waals surface area contributed by atoms with E-state index < -0.39 is 6.16 Å². The number of rotatable bonds is 0. The Morgan fingerprint density at radius 3 is 1.62 bits per heavy atom. The summed E-state index contributed by atoms with van der Waals surface area (Å²) in [6.45, 7) is 3.13. The molecule has 3 nitrogen and oxygen atoms in total. The van der Waals surface area contributed by atoms with Gasteiger partial charge in [-0.2, -0.15) is 0 Å². The maximum absolute atomic E-state index is 8.56. The van der Waals surface area contributed by atoms with Crippen molar-refractivity contribution in [3.8, 4) is 0 Å². The predicted molar refractivity (Wildman–Crippen MR) is 35.2 cm³/mol. The van der Waals surface area contributed by atoms with Crippen molar-refractivity contribution in [3.63, 3.8) is 0 Å². The molecule has 0 aromatic rings. The van der Waals surface area contributed by atoms with Gasteiger partial charge in [-0.15, -0.1) is 0 Å². The third kappa shape index (κ3) is 3440. The molecule has 0 aromatic heterocycles. The van der Waals surface area contributed by atoms with Gasteiger partial charge < -0.3 is 10.2 Å². The quantitative estimate of drug-likeness (QED) is 0.641. The Bertz CT molecular complexity index is 61.5. The van der Waals surface area contributed by atoms with Crippen molar-refractivity contribution in [3.05, 3.63) is 12.1 Å². The minimum absolute atomic E-state index is 0. The van der Waals surface area contributed by atoms with E-state index in [1.165, 1.54) is 5.54 Å². The van der Waals surface area contributed by atoms with Crippen LogP contribution in [0.4, 0.5) is 4.79 Å². The number of carboxylic acid groups (broad SMARTS) is 2. The van der Waals surface area contributed by atoms with Crippen LogP contribution < -0.4 is 0 Å². The van der Waals surface area contributed by atoms with Crippen molar-refractivity contribution < 1.29 is 15.0 Å². The first kappa shape index (κ1) is 15.7. The van der Waals surface area contributed by atoms with E-state index in [1.807, 2.05) is 0 Å². The summed E-state index contributed by atoms with van der Waals surface area (Å²) in [6, 6.07) is 0. The predicted octanol–water partition coefficient (Wildman–Crippen LogP) is 0.675. The van der Waals surface area contributed by atoms with Gasteiger partial charge in [0, 0.05) is 0 Å². The zero-order valence-electron chi connectivity index (χ0n) is 4.17. The third-order valence-electron chi connectivity index (χ3n) is 0. The summed E-state index contributed by atoms with van der Waals surface area (Å²) in [5.41, 5.74) is 1.22. The third-order valence-corrected chi connectivity index (χ3v) is 0. The second-order valence-corrected chi connectivity index (χ2v) is 0.745. The minimum atomic E-state index is -1.83. The molecular formula is C3H7ClO3Pb. The number of carbonyl (C=O) groups is 1. The second kappa shape index (κ2) is 15.7. The van der Waals surface area contributed by atoms with Crippen LogP contribution in [-0.4, -0.2) is 43.7 Å². The molecule has 0 fully saturated rings. The van der Waals surface area contributed by atoms with Gasteiger partial charge in [-0.05, 0) is 5.54 Å². The summed E-state index contributed by atoms with van der Waals surface area (Å²) >= 11 is 4.76. The van der Waals surface area contributed by atoms with Crippen LogP contribution in [0.25, 0.3) is 0 Å². The summed E-state index contributed by atoms with van der Waals surface area (Å²) in [5.74, 6) is 0. The van der Waals surface area contributed by atoms with E-state index in [1.54, 1.807) is 0 Å². The van der Waals surface area contributed by atoms with Gasteiger partial charge in [0.15, 0.2) is 0 Å².